The van der Waals surface area contributed by atoms with Gasteiger partial charge in [-0.2, -0.15) is 4.31 Å². The van der Waals surface area contributed by atoms with Crippen molar-refractivity contribution in [2.75, 3.05) is 40.4 Å². The van der Waals surface area contributed by atoms with Crippen LogP contribution in [0.25, 0.3) is 0 Å². The molecule has 0 unspecified atom stereocenters. The molecule has 1 aliphatic heterocycles. The Balaban J connectivity index is 0.00000312. The van der Waals surface area contributed by atoms with Crippen LogP contribution in [-0.4, -0.2) is 70.0 Å². The van der Waals surface area contributed by atoms with Gasteiger partial charge in [0.1, 0.15) is 16.4 Å². The number of benzene rings is 1. The number of carbonyl (C=O) groups is 1. The van der Waals surface area contributed by atoms with E-state index < -0.39 is 16.1 Å². The standard InChI is InChI=1S/C15H23N3O5S.ClH/c1-11(16)15(19)17-6-8-18(9-7-17)24(20,21)14-10-12(22-2)4-5-13(14)23-3;/h4-5,10-11H,6-9,16H2,1-3H3;1H/t11-;/m1./s1. The first-order chi connectivity index (χ1) is 11.3. The van der Waals surface area contributed by atoms with E-state index in [4.69, 9.17) is 15.2 Å². The van der Waals surface area contributed by atoms with Gasteiger partial charge in [-0.05, 0) is 19.1 Å². The van der Waals surface area contributed by atoms with E-state index in [0.717, 1.165) is 0 Å². The van der Waals surface area contributed by atoms with E-state index in [9.17, 15) is 13.2 Å². The summed E-state index contributed by atoms with van der Waals surface area (Å²) in [7, 11) is -0.862. The molecule has 2 rings (SSSR count). The lowest BCUT2D eigenvalue weighted by Gasteiger charge is -2.35. The van der Waals surface area contributed by atoms with Crippen molar-refractivity contribution in [2.24, 2.45) is 5.73 Å². The lowest BCUT2D eigenvalue weighted by Crippen LogP contribution is -2.53. The molecule has 8 nitrogen and oxygen atoms in total. The molecule has 1 aromatic carbocycles. The highest BCUT2D eigenvalue weighted by atomic mass is 35.5. The van der Waals surface area contributed by atoms with Gasteiger partial charge < -0.3 is 20.1 Å². The predicted octanol–water partition coefficient (Wildman–Crippen LogP) is 0.306. The summed E-state index contributed by atoms with van der Waals surface area (Å²) in [6, 6.07) is 4.04. The molecule has 1 atom stereocenters. The second-order valence-electron chi connectivity index (χ2n) is 5.53. The Kier molecular flexibility index (Phi) is 7.48. The quantitative estimate of drug-likeness (QED) is 0.772. The van der Waals surface area contributed by atoms with Crippen molar-refractivity contribution in [3.8, 4) is 11.5 Å². The summed E-state index contributed by atoms with van der Waals surface area (Å²) in [5, 5.41) is 0. The third kappa shape index (κ3) is 4.55. The molecule has 0 spiro atoms. The van der Waals surface area contributed by atoms with Crippen LogP contribution < -0.4 is 15.2 Å². The lowest BCUT2D eigenvalue weighted by atomic mass is 10.2. The number of hydrogen-bond acceptors (Lipinski definition) is 6. The molecule has 1 aromatic rings. The summed E-state index contributed by atoms with van der Waals surface area (Å²) >= 11 is 0. The van der Waals surface area contributed by atoms with Crippen molar-refractivity contribution in [2.45, 2.75) is 17.9 Å². The summed E-state index contributed by atoms with van der Waals surface area (Å²) in [6.45, 7) is 2.66. The van der Waals surface area contributed by atoms with Gasteiger partial charge in [0.25, 0.3) is 0 Å². The Morgan fingerprint density at radius 1 is 1.16 bits per heavy atom. The Morgan fingerprint density at radius 2 is 1.76 bits per heavy atom. The van der Waals surface area contributed by atoms with Crippen molar-refractivity contribution in [3.63, 3.8) is 0 Å². The van der Waals surface area contributed by atoms with E-state index in [1.54, 1.807) is 24.0 Å². The fraction of sp³-hybridized carbons (Fsp3) is 0.533. The Hall–Kier alpha value is -1.55. The second-order valence-corrected chi connectivity index (χ2v) is 7.44. The number of halogens is 1. The average Bonchev–Trinajstić information content (AvgIpc) is 2.60. The highest BCUT2D eigenvalue weighted by molar-refractivity contribution is 7.89. The molecule has 0 saturated carbocycles. The highest BCUT2D eigenvalue weighted by Crippen LogP contribution is 2.31. The number of methoxy groups -OCH3 is 2. The van der Waals surface area contributed by atoms with Gasteiger partial charge in [0.05, 0.1) is 20.3 Å². The number of piperazine rings is 1. The van der Waals surface area contributed by atoms with Crippen LogP contribution in [0, 0.1) is 0 Å². The zero-order valence-corrected chi connectivity index (χ0v) is 16.1. The number of nitrogens with two attached hydrogens (primary N) is 1. The summed E-state index contributed by atoms with van der Waals surface area (Å²) in [6.07, 6.45) is 0. The zero-order valence-electron chi connectivity index (χ0n) is 14.5. The van der Waals surface area contributed by atoms with Gasteiger partial charge >= 0.3 is 0 Å². The first kappa shape index (κ1) is 21.5. The molecule has 1 amide bonds. The third-order valence-corrected chi connectivity index (χ3v) is 5.85. The van der Waals surface area contributed by atoms with Gasteiger partial charge in [-0.25, -0.2) is 8.42 Å². The fourth-order valence-electron chi connectivity index (χ4n) is 2.56. The van der Waals surface area contributed by atoms with Crippen molar-refractivity contribution >= 4 is 28.3 Å². The smallest absolute Gasteiger partial charge is 0.247 e. The summed E-state index contributed by atoms with van der Waals surface area (Å²) in [4.78, 5) is 13.5. The van der Waals surface area contributed by atoms with Crippen LogP contribution in [0.5, 0.6) is 11.5 Å². The Bertz CT molecular complexity index is 703. The SMILES string of the molecule is COc1ccc(OC)c(S(=O)(=O)N2CCN(C(=O)[C@@H](C)N)CC2)c1.Cl. The average molecular weight is 394 g/mol. The topological polar surface area (TPSA) is 102 Å². The minimum absolute atomic E-state index is 0. The van der Waals surface area contributed by atoms with Crippen LogP contribution in [0.1, 0.15) is 6.92 Å². The predicted molar refractivity (Wildman–Crippen MR) is 95.8 cm³/mol. The molecule has 1 fully saturated rings. The molecule has 25 heavy (non-hydrogen) atoms. The Labute approximate surface area is 154 Å². The molecular formula is C15H24ClN3O5S. The molecule has 1 saturated heterocycles. The number of amides is 1. The zero-order chi connectivity index (χ0) is 17.9. The number of carbonyl (C=O) groups excluding carboxylic acids is 1. The van der Waals surface area contributed by atoms with Gasteiger partial charge in [-0.1, -0.05) is 0 Å². The van der Waals surface area contributed by atoms with Gasteiger partial charge in [-0.3, -0.25) is 4.79 Å². The molecular weight excluding hydrogens is 370 g/mol. The van der Waals surface area contributed by atoms with Crippen LogP contribution in [0.4, 0.5) is 0 Å². The molecule has 0 radical (unpaired) electrons. The summed E-state index contributed by atoms with van der Waals surface area (Å²) in [5.41, 5.74) is 5.59. The van der Waals surface area contributed by atoms with Crippen LogP contribution in [0.3, 0.4) is 0 Å². The molecule has 0 aliphatic carbocycles. The molecule has 1 heterocycles. The maximum absolute atomic E-state index is 12.9. The lowest BCUT2D eigenvalue weighted by molar-refractivity contribution is -0.133. The van der Waals surface area contributed by atoms with Crippen molar-refractivity contribution < 1.29 is 22.7 Å². The van der Waals surface area contributed by atoms with E-state index in [-0.39, 0.29) is 42.0 Å². The maximum atomic E-state index is 12.9. The first-order valence-electron chi connectivity index (χ1n) is 7.57. The number of nitrogens with zero attached hydrogens (tertiary/aromatic N) is 2. The van der Waals surface area contributed by atoms with Crippen LogP contribution >= 0.6 is 12.4 Å². The van der Waals surface area contributed by atoms with Gasteiger partial charge in [0.15, 0.2) is 0 Å². The van der Waals surface area contributed by atoms with Gasteiger partial charge in [-0.15, -0.1) is 12.4 Å². The number of rotatable bonds is 5. The van der Waals surface area contributed by atoms with Crippen LogP contribution in [-0.2, 0) is 14.8 Å². The van der Waals surface area contributed by atoms with Gasteiger partial charge in [0, 0.05) is 32.2 Å². The minimum Gasteiger partial charge on any atom is -0.497 e. The molecule has 2 N–H and O–H groups in total. The van der Waals surface area contributed by atoms with Crippen molar-refractivity contribution in [3.05, 3.63) is 18.2 Å². The number of ether oxygens (including phenoxy) is 2. The van der Waals surface area contributed by atoms with Crippen molar-refractivity contribution in [1.29, 1.82) is 0 Å². The van der Waals surface area contributed by atoms with E-state index in [2.05, 4.69) is 0 Å². The minimum atomic E-state index is -3.75. The fourth-order valence-corrected chi connectivity index (χ4v) is 4.15. The van der Waals surface area contributed by atoms with E-state index in [0.29, 0.717) is 18.8 Å². The van der Waals surface area contributed by atoms with Crippen LogP contribution in [0.15, 0.2) is 23.1 Å². The molecule has 142 valence electrons. The second kappa shape index (κ2) is 8.70. The maximum Gasteiger partial charge on any atom is 0.247 e. The normalized spacial score (nSPS) is 16.7. The van der Waals surface area contributed by atoms with Gasteiger partial charge in [0.2, 0.25) is 15.9 Å². The Morgan fingerprint density at radius 3 is 2.24 bits per heavy atom. The third-order valence-electron chi connectivity index (χ3n) is 3.93. The molecule has 1 aliphatic rings. The first-order valence-corrected chi connectivity index (χ1v) is 9.01. The molecule has 0 bridgehead atoms. The van der Waals surface area contributed by atoms with Crippen molar-refractivity contribution in [1.82, 2.24) is 9.21 Å². The van der Waals surface area contributed by atoms with E-state index >= 15 is 0 Å². The number of hydrogen-bond donors (Lipinski definition) is 1. The molecule has 10 heteroatoms. The monoisotopic (exact) mass is 393 g/mol. The molecule has 0 aromatic heterocycles. The largest absolute Gasteiger partial charge is 0.497 e. The summed E-state index contributed by atoms with van der Waals surface area (Å²) in [5.74, 6) is 0.510. The van der Waals surface area contributed by atoms with E-state index in [1.165, 1.54) is 24.6 Å². The van der Waals surface area contributed by atoms with E-state index in [1.807, 2.05) is 0 Å². The number of sulfonamides is 1. The highest BCUT2D eigenvalue weighted by Gasteiger charge is 2.32. The van der Waals surface area contributed by atoms with Crippen LogP contribution in [0.2, 0.25) is 0 Å². The summed E-state index contributed by atoms with van der Waals surface area (Å²) < 4.78 is 37.4.